The second kappa shape index (κ2) is 6.95. The molecule has 2 saturated heterocycles. The third-order valence-corrected chi connectivity index (χ3v) is 8.70. The lowest BCUT2D eigenvalue weighted by Crippen LogP contribution is -2.50. The van der Waals surface area contributed by atoms with Crippen LogP contribution in [-0.2, 0) is 35.4 Å². The Morgan fingerprint density at radius 2 is 1.69 bits per heavy atom. The fourth-order valence-electron chi connectivity index (χ4n) is 3.40. The Kier molecular flexibility index (Phi) is 5.32. The third kappa shape index (κ3) is 3.87. The summed E-state index contributed by atoms with van der Waals surface area (Å²) in [6.07, 6.45) is -3.20. The third-order valence-electron chi connectivity index (χ3n) is 4.79. The number of hydrogen-bond acceptors (Lipinski definition) is 4. The molecule has 0 saturated carbocycles. The molecule has 11 heteroatoms. The molecule has 1 aromatic carbocycles. The maximum absolute atomic E-state index is 12.6. The van der Waals surface area contributed by atoms with E-state index in [4.69, 9.17) is 0 Å². The molecule has 2 aliphatic heterocycles. The average molecular weight is 412 g/mol. The average Bonchev–Trinajstić information content (AvgIpc) is 2.93. The zero-order chi connectivity index (χ0) is 19.2. The van der Waals surface area contributed by atoms with E-state index in [2.05, 4.69) is 0 Å². The van der Waals surface area contributed by atoms with Crippen LogP contribution in [-0.4, -0.2) is 49.1 Å². The first-order chi connectivity index (χ1) is 12.0. The highest BCUT2D eigenvalue weighted by Crippen LogP contribution is 2.33. The monoisotopic (exact) mass is 412 g/mol. The normalized spacial score (nSPS) is 29.0. The molecule has 1 aromatic rings. The van der Waals surface area contributed by atoms with E-state index in [1.807, 2.05) is 0 Å². The molecule has 2 atom stereocenters. The molecule has 2 aliphatic rings. The number of alkyl halides is 3. The number of sulfonamides is 2. The number of hydrogen-bond donors (Lipinski definition) is 0. The first-order valence-electron chi connectivity index (χ1n) is 8.19. The minimum Gasteiger partial charge on any atom is -0.598 e. The summed E-state index contributed by atoms with van der Waals surface area (Å²) in [6.45, 7) is 0.735. The molecular formula is C15H19F3N2O4S2. The predicted octanol–water partition coefficient (Wildman–Crippen LogP) is 2.32. The summed E-state index contributed by atoms with van der Waals surface area (Å²) in [7, 11) is -7.15. The Morgan fingerprint density at radius 3 is 2.15 bits per heavy atom. The molecule has 0 spiro atoms. The number of piperidine rings is 1. The van der Waals surface area contributed by atoms with Gasteiger partial charge in [0.15, 0.2) is 15.3 Å². The van der Waals surface area contributed by atoms with Gasteiger partial charge in [0.25, 0.3) is 0 Å². The molecule has 26 heavy (non-hydrogen) atoms. The maximum Gasteiger partial charge on any atom is 0.416 e. The quantitative estimate of drug-likeness (QED) is 0.713. The van der Waals surface area contributed by atoms with Crippen molar-refractivity contribution in [2.75, 3.05) is 25.4 Å². The van der Waals surface area contributed by atoms with E-state index in [1.54, 1.807) is 0 Å². The molecule has 3 rings (SSSR count). The Labute approximate surface area is 152 Å². The number of halogens is 3. The number of rotatable bonds is 3. The number of benzene rings is 1. The summed E-state index contributed by atoms with van der Waals surface area (Å²) in [5.74, 6) is 0.122. The zero-order valence-corrected chi connectivity index (χ0v) is 15.4. The van der Waals surface area contributed by atoms with Crippen molar-refractivity contribution in [1.29, 1.82) is 0 Å². The van der Waals surface area contributed by atoms with Crippen LogP contribution >= 0.6 is 0 Å². The summed E-state index contributed by atoms with van der Waals surface area (Å²) in [4.78, 5) is -0.197. The summed E-state index contributed by atoms with van der Waals surface area (Å²) in [5.41, 5.74) is -0.908. The Bertz CT molecular complexity index is 748. The lowest BCUT2D eigenvalue weighted by Gasteiger charge is -2.37. The van der Waals surface area contributed by atoms with Crippen LogP contribution < -0.4 is 0 Å². The van der Waals surface area contributed by atoms with Gasteiger partial charge in [-0.3, -0.25) is 0 Å². The van der Waals surface area contributed by atoms with Crippen LogP contribution in [0.5, 0.6) is 0 Å². The lowest BCUT2D eigenvalue weighted by molar-refractivity contribution is -0.137. The van der Waals surface area contributed by atoms with E-state index in [0.29, 0.717) is 25.8 Å². The van der Waals surface area contributed by atoms with Crippen LogP contribution in [0.15, 0.2) is 29.2 Å². The van der Waals surface area contributed by atoms with Crippen molar-refractivity contribution < 1.29 is 30.7 Å². The second-order valence-corrected chi connectivity index (χ2v) is 10.4. The standard InChI is InChI=1S/C15H19F3N2O4S2/c16-15(17,18)12-2-4-14(5-3-12)26(23,24)19-9-6-13(7-10-19)20-8-1-11-25(20,21)22/h2-5,13H,1,6-11H2. The Balaban J connectivity index is 1.68. The van der Waals surface area contributed by atoms with Crippen molar-refractivity contribution in [1.82, 2.24) is 8.61 Å². The fraction of sp³-hybridized carbons (Fsp3) is 0.600. The Morgan fingerprint density at radius 1 is 1.12 bits per heavy atom. The van der Waals surface area contributed by atoms with Crippen molar-refractivity contribution >= 4 is 20.8 Å². The topological polar surface area (TPSA) is 86.7 Å². The molecule has 2 heterocycles. The summed E-state index contributed by atoms with van der Waals surface area (Å²) in [5, 5.41) is 0. The van der Waals surface area contributed by atoms with E-state index >= 15 is 0 Å². The first-order valence-corrected chi connectivity index (χ1v) is 11.2. The highest BCUT2D eigenvalue weighted by Gasteiger charge is 2.43. The van der Waals surface area contributed by atoms with Gasteiger partial charge in [-0.2, -0.15) is 13.2 Å². The maximum atomic E-state index is 12.6. The highest BCUT2D eigenvalue weighted by atomic mass is 32.3. The van der Waals surface area contributed by atoms with E-state index < -0.39 is 32.5 Å². The van der Waals surface area contributed by atoms with Crippen LogP contribution in [0.25, 0.3) is 0 Å². The van der Waals surface area contributed by atoms with Gasteiger partial charge in [0.05, 0.1) is 11.6 Å². The summed E-state index contributed by atoms with van der Waals surface area (Å²) >= 11 is 0. The van der Waals surface area contributed by atoms with Gasteiger partial charge in [0.2, 0.25) is 0 Å². The molecule has 0 aliphatic carbocycles. The van der Waals surface area contributed by atoms with Crippen molar-refractivity contribution in [3.63, 3.8) is 0 Å². The molecule has 2 unspecified atom stereocenters. The van der Waals surface area contributed by atoms with Gasteiger partial charge in [-0.15, -0.1) is 8.61 Å². The summed E-state index contributed by atoms with van der Waals surface area (Å²) in [6, 6.07) is 3.18. The van der Waals surface area contributed by atoms with Crippen LogP contribution in [0.3, 0.4) is 0 Å². The molecule has 2 fully saturated rings. The van der Waals surface area contributed by atoms with Crippen molar-refractivity contribution in [2.45, 2.75) is 36.4 Å². The Hall–Kier alpha value is -0.850. The smallest absolute Gasteiger partial charge is 0.416 e. The highest BCUT2D eigenvalue weighted by molar-refractivity contribution is 7.95. The molecular weight excluding hydrogens is 393 g/mol. The molecule has 0 amide bonds. The molecule has 0 bridgehead atoms. The molecule has 0 radical (unpaired) electrons. The van der Waals surface area contributed by atoms with Crippen LogP contribution in [0.2, 0.25) is 0 Å². The van der Waals surface area contributed by atoms with E-state index in [0.717, 1.165) is 24.3 Å². The van der Waals surface area contributed by atoms with E-state index in [-0.39, 0.29) is 29.8 Å². The minimum atomic E-state index is -4.53. The molecule has 0 N–H and O–H groups in total. The van der Waals surface area contributed by atoms with E-state index in [9.17, 15) is 30.7 Å². The summed E-state index contributed by atoms with van der Waals surface area (Å²) < 4.78 is 89.7. The SMILES string of the molecule is O=[S+]1([O-])CCCN1C1CCN([S+](=O)([O-])c2ccc(C(F)(F)F)cc2)CC1. The van der Waals surface area contributed by atoms with Gasteiger partial charge in [-0.25, -0.2) is 0 Å². The van der Waals surface area contributed by atoms with Crippen molar-refractivity contribution in [2.24, 2.45) is 0 Å². The van der Waals surface area contributed by atoms with Crippen LogP contribution in [0.4, 0.5) is 13.2 Å². The predicted molar refractivity (Wildman–Crippen MR) is 88.2 cm³/mol. The molecule has 6 nitrogen and oxygen atoms in total. The van der Waals surface area contributed by atoms with Gasteiger partial charge in [-0.05, 0) is 37.1 Å². The van der Waals surface area contributed by atoms with Gasteiger partial charge in [0, 0.05) is 26.1 Å². The molecule has 146 valence electrons. The lowest BCUT2D eigenvalue weighted by atomic mass is 10.1. The van der Waals surface area contributed by atoms with Gasteiger partial charge in [-0.1, -0.05) is 8.42 Å². The van der Waals surface area contributed by atoms with Gasteiger partial charge < -0.3 is 9.11 Å². The minimum absolute atomic E-state index is 0.122. The zero-order valence-electron chi connectivity index (χ0n) is 13.8. The van der Waals surface area contributed by atoms with Crippen molar-refractivity contribution in [3.05, 3.63) is 29.8 Å². The number of nitrogens with zero attached hydrogens (tertiary/aromatic N) is 2. The largest absolute Gasteiger partial charge is 0.598 e. The second-order valence-electron chi connectivity index (χ2n) is 6.44. The van der Waals surface area contributed by atoms with Crippen LogP contribution in [0, 0.1) is 0 Å². The first kappa shape index (κ1) is 19.9. The van der Waals surface area contributed by atoms with Crippen LogP contribution in [0.1, 0.15) is 24.8 Å². The van der Waals surface area contributed by atoms with Gasteiger partial charge in [0.1, 0.15) is 16.2 Å². The van der Waals surface area contributed by atoms with Gasteiger partial charge >= 0.3 is 6.18 Å². The fourth-order valence-corrected chi connectivity index (χ4v) is 6.67. The van der Waals surface area contributed by atoms with E-state index in [1.165, 1.54) is 8.61 Å². The van der Waals surface area contributed by atoms with Crippen molar-refractivity contribution in [3.8, 4) is 0 Å². The molecule has 0 aromatic heterocycles.